The molecule has 0 unspecified atom stereocenters. The van der Waals surface area contributed by atoms with E-state index in [2.05, 4.69) is 38.0 Å². The van der Waals surface area contributed by atoms with Crippen LogP contribution in [-0.2, 0) is 11.8 Å². The molecule has 0 aliphatic carbocycles. The third-order valence-electron chi connectivity index (χ3n) is 3.28. The first-order valence-corrected chi connectivity index (χ1v) is 10.5. The predicted octanol–water partition coefficient (Wildman–Crippen LogP) is 3.18. The number of rotatable bonds is 7. The van der Waals surface area contributed by atoms with Crippen molar-refractivity contribution in [2.45, 2.75) is 16.5 Å². The normalized spacial score (nSPS) is 10.8. The number of thiazole rings is 1. The van der Waals surface area contributed by atoms with Crippen molar-refractivity contribution in [2.24, 2.45) is 7.05 Å². The van der Waals surface area contributed by atoms with E-state index in [4.69, 9.17) is 0 Å². The highest BCUT2D eigenvalue weighted by molar-refractivity contribution is 7.99. The van der Waals surface area contributed by atoms with Gasteiger partial charge in [-0.05, 0) is 28.8 Å². The molecule has 0 saturated heterocycles. The Hall–Kier alpha value is -1.91. The Labute approximate surface area is 157 Å². The molecular formula is C15H16N6OS3. The van der Waals surface area contributed by atoms with Crippen molar-refractivity contribution >= 4 is 45.9 Å². The average Bonchev–Trinajstić information content (AvgIpc) is 3.24. The van der Waals surface area contributed by atoms with E-state index in [-0.39, 0.29) is 5.91 Å². The summed E-state index contributed by atoms with van der Waals surface area (Å²) >= 11 is 4.57. The Bertz CT molecular complexity index is 845. The van der Waals surface area contributed by atoms with Gasteiger partial charge in [0.1, 0.15) is 0 Å². The molecule has 0 bridgehead atoms. The van der Waals surface area contributed by atoms with Crippen LogP contribution < -0.4 is 5.32 Å². The molecule has 0 atom stereocenters. The van der Waals surface area contributed by atoms with Crippen LogP contribution in [0.15, 0.2) is 39.7 Å². The monoisotopic (exact) mass is 392 g/mol. The molecule has 25 heavy (non-hydrogen) atoms. The number of thioether (sulfide) groups is 2. The molecule has 3 rings (SSSR count). The van der Waals surface area contributed by atoms with Crippen molar-refractivity contribution in [2.75, 3.05) is 17.3 Å². The maximum absolute atomic E-state index is 12.0. The molecule has 1 N–H and O–H groups in total. The van der Waals surface area contributed by atoms with Crippen LogP contribution in [0.1, 0.15) is 6.42 Å². The second kappa shape index (κ2) is 8.45. The molecular weight excluding hydrogens is 376 g/mol. The minimum Gasteiger partial charge on any atom is -0.302 e. The van der Waals surface area contributed by atoms with Gasteiger partial charge < -0.3 is 5.32 Å². The minimum absolute atomic E-state index is 0.0683. The Morgan fingerprint density at radius 3 is 2.80 bits per heavy atom. The van der Waals surface area contributed by atoms with Crippen molar-refractivity contribution in [3.63, 3.8) is 0 Å². The van der Waals surface area contributed by atoms with Crippen LogP contribution in [-0.4, -0.2) is 43.1 Å². The van der Waals surface area contributed by atoms with Crippen LogP contribution in [0, 0.1) is 0 Å². The highest BCUT2D eigenvalue weighted by atomic mass is 32.2. The molecule has 1 amide bonds. The zero-order chi connectivity index (χ0) is 17.6. The van der Waals surface area contributed by atoms with Crippen LogP contribution in [0.5, 0.6) is 0 Å². The van der Waals surface area contributed by atoms with Gasteiger partial charge in [0.15, 0.2) is 5.13 Å². The maximum Gasteiger partial charge on any atom is 0.226 e. The van der Waals surface area contributed by atoms with Crippen molar-refractivity contribution in [3.05, 3.63) is 29.6 Å². The topological polar surface area (TPSA) is 85.6 Å². The van der Waals surface area contributed by atoms with E-state index in [0.29, 0.717) is 22.5 Å². The van der Waals surface area contributed by atoms with Crippen LogP contribution >= 0.6 is 34.9 Å². The second-order valence-corrected chi connectivity index (χ2v) is 7.80. The summed E-state index contributed by atoms with van der Waals surface area (Å²) in [6.45, 7) is 0. The number of nitrogens with zero attached hydrogens (tertiary/aromatic N) is 5. The van der Waals surface area contributed by atoms with E-state index in [1.54, 1.807) is 23.5 Å². The highest BCUT2D eigenvalue weighted by Gasteiger charge is 2.10. The SMILES string of the molecule is CSc1ccc(-c2csc(NC(=O)CCSc3nnnn3C)n2)cc1. The molecule has 0 aliphatic heterocycles. The lowest BCUT2D eigenvalue weighted by molar-refractivity contribution is -0.115. The van der Waals surface area contributed by atoms with Crippen molar-refractivity contribution in [1.82, 2.24) is 25.2 Å². The summed E-state index contributed by atoms with van der Waals surface area (Å²) in [5.74, 6) is 0.537. The van der Waals surface area contributed by atoms with E-state index in [9.17, 15) is 4.79 Å². The fraction of sp³-hybridized carbons (Fsp3) is 0.267. The molecule has 0 fully saturated rings. The first-order valence-electron chi connectivity index (χ1n) is 7.40. The standard InChI is InChI=1S/C15H16N6OS3/c1-21-15(18-19-20-21)24-8-7-13(22)17-14-16-12(9-25-14)10-3-5-11(23-2)6-4-10/h3-6,9H,7-8H2,1-2H3,(H,16,17,22). The number of nitrogens with one attached hydrogen (secondary N) is 1. The zero-order valence-electron chi connectivity index (χ0n) is 13.7. The number of hydrogen-bond donors (Lipinski definition) is 1. The third kappa shape index (κ3) is 4.80. The molecule has 0 spiro atoms. The summed E-state index contributed by atoms with van der Waals surface area (Å²) < 4.78 is 1.58. The summed E-state index contributed by atoms with van der Waals surface area (Å²) in [5, 5.41) is 17.3. The number of tetrazole rings is 1. The minimum atomic E-state index is -0.0683. The van der Waals surface area contributed by atoms with E-state index in [1.165, 1.54) is 28.0 Å². The Morgan fingerprint density at radius 2 is 2.12 bits per heavy atom. The molecule has 10 heteroatoms. The van der Waals surface area contributed by atoms with Gasteiger partial charge in [0.05, 0.1) is 5.69 Å². The molecule has 0 aliphatic rings. The molecule has 0 radical (unpaired) electrons. The van der Waals surface area contributed by atoms with Crippen LogP contribution in [0.2, 0.25) is 0 Å². The van der Waals surface area contributed by atoms with Crippen LogP contribution in [0.4, 0.5) is 5.13 Å². The van der Waals surface area contributed by atoms with Crippen molar-refractivity contribution < 1.29 is 4.79 Å². The van der Waals surface area contributed by atoms with Gasteiger partial charge >= 0.3 is 0 Å². The predicted molar refractivity (Wildman–Crippen MR) is 102 cm³/mol. The maximum atomic E-state index is 12.0. The Kier molecular flexibility index (Phi) is 6.05. The van der Waals surface area contributed by atoms with E-state index in [0.717, 1.165) is 11.3 Å². The smallest absolute Gasteiger partial charge is 0.226 e. The Morgan fingerprint density at radius 1 is 1.32 bits per heavy atom. The van der Waals surface area contributed by atoms with Crippen LogP contribution in [0.25, 0.3) is 11.3 Å². The number of hydrogen-bond acceptors (Lipinski definition) is 8. The van der Waals surface area contributed by atoms with Crippen molar-refractivity contribution in [3.8, 4) is 11.3 Å². The summed E-state index contributed by atoms with van der Waals surface area (Å²) in [5.41, 5.74) is 1.91. The van der Waals surface area contributed by atoms with E-state index in [1.807, 2.05) is 23.8 Å². The molecule has 1 aromatic carbocycles. The molecule has 7 nitrogen and oxygen atoms in total. The number of amides is 1. The summed E-state index contributed by atoms with van der Waals surface area (Å²) in [4.78, 5) is 17.7. The second-order valence-electron chi connectivity index (χ2n) is 5.00. The quantitative estimate of drug-likeness (QED) is 0.618. The van der Waals surface area contributed by atoms with Gasteiger partial charge in [-0.15, -0.1) is 28.2 Å². The number of carbonyl (C=O) groups excluding carboxylic acids is 1. The summed E-state index contributed by atoms with van der Waals surface area (Å²) in [6.07, 6.45) is 2.42. The highest BCUT2D eigenvalue weighted by Crippen LogP contribution is 2.27. The van der Waals surface area contributed by atoms with E-state index >= 15 is 0 Å². The first-order chi connectivity index (χ1) is 12.2. The third-order valence-corrected chi connectivity index (χ3v) is 5.79. The van der Waals surface area contributed by atoms with Gasteiger partial charge in [0.2, 0.25) is 11.1 Å². The molecule has 2 aromatic heterocycles. The lowest BCUT2D eigenvalue weighted by Crippen LogP contribution is -2.12. The van der Waals surface area contributed by atoms with Crippen LogP contribution in [0.3, 0.4) is 0 Å². The lowest BCUT2D eigenvalue weighted by atomic mass is 10.2. The van der Waals surface area contributed by atoms with Gasteiger partial charge in [-0.1, -0.05) is 23.9 Å². The molecule has 2 heterocycles. The van der Waals surface area contributed by atoms with Gasteiger partial charge in [0, 0.05) is 35.1 Å². The summed E-state index contributed by atoms with van der Waals surface area (Å²) in [6, 6.07) is 8.21. The van der Waals surface area contributed by atoms with Gasteiger partial charge in [0.25, 0.3) is 0 Å². The average molecular weight is 393 g/mol. The first kappa shape index (κ1) is 17.9. The van der Waals surface area contributed by atoms with Gasteiger partial charge in [-0.25, -0.2) is 9.67 Å². The number of aromatic nitrogens is 5. The lowest BCUT2D eigenvalue weighted by Gasteiger charge is -2.01. The zero-order valence-corrected chi connectivity index (χ0v) is 16.1. The molecule has 0 saturated carbocycles. The van der Waals surface area contributed by atoms with Gasteiger partial charge in [-0.2, -0.15) is 0 Å². The number of anilines is 1. The number of aryl methyl sites for hydroxylation is 1. The molecule has 130 valence electrons. The van der Waals surface area contributed by atoms with Gasteiger partial charge in [-0.3, -0.25) is 4.79 Å². The summed E-state index contributed by atoms with van der Waals surface area (Å²) in [7, 11) is 1.77. The number of benzene rings is 1. The Balaban J connectivity index is 1.51. The number of carbonyl (C=O) groups is 1. The van der Waals surface area contributed by atoms with E-state index < -0.39 is 0 Å². The fourth-order valence-electron chi connectivity index (χ4n) is 1.99. The fourth-order valence-corrected chi connectivity index (χ4v) is 3.92. The molecule has 3 aromatic rings. The largest absolute Gasteiger partial charge is 0.302 e. The van der Waals surface area contributed by atoms with Crippen molar-refractivity contribution in [1.29, 1.82) is 0 Å².